The average molecular weight is 402 g/mol. The van der Waals surface area contributed by atoms with Crippen molar-refractivity contribution in [3.05, 3.63) is 78.2 Å². The highest BCUT2D eigenvalue weighted by Gasteiger charge is 2.13. The summed E-state index contributed by atoms with van der Waals surface area (Å²) in [5.74, 6) is 0.0613. The van der Waals surface area contributed by atoms with Gasteiger partial charge in [0.2, 0.25) is 0 Å². The summed E-state index contributed by atoms with van der Waals surface area (Å²) in [4.78, 5) is 26.2. The number of amides is 1. The second kappa shape index (κ2) is 8.15. The van der Waals surface area contributed by atoms with Crippen LogP contribution in [-0.2, 0) is 0 Å². The molecule has 4 aromatic rings. The van der Waals surface area contributed by atoms with Crippen LogP contribution in [0.3, 0.4) is 0 Å². The number of benzene rings is 2. The van der Waals surface area contributed by atoms with Crippen LogP contribution in [0.2, 0.25) is 0 Å². The summed E-state index contributed by atoms with van der Waals surface area (Å²) in [7, 11) is 0. The fraction of sp³-hybridized carbons (Fsp3) is 0.0476. The summed E-state index contributed by atoms with van der Waals surface area (Å²) in [6, 6.07) is 17.2. The van der Waals surface area contributed by atoms with Crippen LogP contribution in [0.25, 0.3) is 10.9 Å². The van der Waals surface area contributed by atoms with Crippen molar-refractivity contribution < 1.29 is 4.79 Å². The molecule has 0 fully saturated rings. The number of nitrogen functional groups attached to an aromatic ring is 1. The molecule has 0 radical (unpaired) electrons. The standard InChI is InChI=1S/C21H18N6OS/c1-13-6-2-3-9-15(13)20(28)27-26-19-17(22)21(25-12-24-19)29-16-10-4-7-14-8-5-11-23-18(14)16/h2-12H,22H2,1H3,(H,27,28)(H,24,25,26). The van der Waals surface area contributed by atoms with Gasteiger partial charge in [-0.25, -0.2) is 9.97 Å². The lowest BCUT2D eigenvalue weighted by atomic mass is 10.1. The summed E-state index contributed by atoms with van der Waals surface area (Å²) in [5, 5.41) is 1.61. The van der Waals surface area contributed by atoms with Crippen molar-refractivity contribution in [3.63, 3.8) is 0 Å². The van der Waals surface area contributed by atoms with Crippen molar-refractivity contribution in [2.24, 2.45) is 0 Å². The van der Waals surface area contributed by atoms with Gasteiger partial charge in [0.05, 0.1) is 5.52 Å². The van der Waals surface area contributed by atoms with E-state index >= 15 is 0 Å². The van der Waals surface area contributed by atoms with Crippen molar-refractivity contribution in [2.45, 2.75) is 16.8 Å². The summed E-state index contributed by atoms with van der Waals surface area (Å²) in [5.41, 5.74) is 14.4. The van der Waals surface area contributed by atoms with Crippen molar-refractivity contribution in [1.82, 2.24) is 20.4 Å². The summed E-state index contributed by atoms with van der Waals surface area (Å²) < 4.78 is 0. The maximum atomic E-state index is 12.4. The zero-order valence-electron chi connectivity index (χ0n) is 15.6. The van der Waals surface area contributed by atoms with E-state index in [9.17, 15) is 4.79 Å². The number of hydrogen-bond donors (Lipinski definition) is 3. The van der Waals surface area contributed by atoms with Crippen LogP contribution >= 0.6 is 11.8 Å². The highest BCUT2D eigenvalue weighted by Crippen LogP contribution is 2.35. The summed E-state index contributed by atoms with van der Waals surface area (Å²) in [6.07, 6.45) is 3.16. The van der Waals surface area contributed by atoms with Gasteiger partial charge >= 0.3 is 0 Å². The topological polar surface area (TPSA) is 106 Å². The van der Waals surface area contributed by atoms with Gasteiger partial charge in [-0.2, -0.15) is 0 Å². The Balaban J connectivity index is 1.55. The molecule has 8 heteroatoms. The maximum absolute atomic E-state index is 12.4. The van der Waals surface area contributed by atoms with Gasteiger partial charge in [-0.05, 0) is 30.7 Å². The number of carbonyl (C=O) groups excluding carboxylic acids is 1. The van der Waals surface area contributed by atoms with E-state index in [2.05, 4.69) is 25.8 Å². The van der Waals surface area contributed by atoms with Crippen molar-refractivity contribution in [3.8, 4) is 0 Å². The fourth-order valence-electron chi connectivity index (χ4n) is 2.83. The Hall–Kier alpha value is -3.65. The molecule has 0 bridgehead atoms. The molecular formula is C21H18N6OS. The van der Waals surface area contributed by atoms with E-state index in [0.29, 0.717) is 22.1 Å². The Morgan fingerprint density at radius 3 is 2.69 bits per heavy atom. The quantitative estimate of drug-likeness (QED) is 0.344. The molecule has 29 heavy (non-hydrogen) atoms. The van der Waals surface area contributed by atoms with Crippen LogP contribution in [0.5, 0.6) is 0 Å². The van der Waals surface area contributed by atoms with Crippen molar-refractivity contribution >= 4 is 40.1 Å². The Morgan fingerprint density at radius 1 is 1.00 bits per heavy atom. The molecule has 7 nitrogen and oxygen atoms in total. The number of anilines is 2. The predicted molar refractivity (Wildman–Crippen MR) is 115 cm³/mol. The monoisotopic (exact) mass is 402 g/mol. The van der Waals surface area contributed by atoms with Gasteiger partial charge in [0.25, 0.3) is 5.91 Å². The van der Waals surface area contributed by atoms with E-state index < -0.39 is 0 Å². The molecule has 0 aliphatic heterocycles. The molecule has 144 valence electrons. The van der Waals surface area contributed by atoms with Crippen LogP contribution in [0.4, 0.5) is 11.5 Å². The number of nitrogens with zero attached hydrogens (tertiary/aromatic N) is 3. The minimum absolute atomic E-state index is 0.270. The van der Waals surface area contributed by atoms with E-state index in [1.807, 2.05) is 55.5 Å². The first kappa shape index (κ1) is 18.7. The van der Waals surface area contributed by atoms with E-state index in [1.165, 1.54) is 18.1 Å². The minimum atomic E-state index is -0.270. The zero-order chi connectivity index (χ0) is 20.2. The number of aryl methyl sites for hydroxylation is 1. The number of nitrogens with two attached hydrogens (primary N) is 1. The number of fused-ring (bicyclic) bond motifs is 1. The molecule has 0 atom stereocenters. The number of hydrazine groups is 1. The number of para-hydroxylation sites is 1. The fourth-order valence-corrected chi connectivity index (χ4v) is 3.76. The van der Waals surface area contributed by atoms with Crippen LogP contribution in [-0.4, -0.2) is 20.9 Å². The number of aromatic nitrogens is 3. The molecule has 0 aliphatic rings. The number of hydrogen-bond acceptors (Lipinski definition) is 7. The van der Waals surface area contributed by atoms with Crippen LogP contribution in [0.15, 0.2) is 77.0 Å². The van der Waals surface area contributed by atoms with Crippen LogP contribution in [0.1, 0.15) is 15.9 Å². The third-order valence-corrected chi connectivity index (χ3v) is 5.40. The highest BCUT2D eigenvalue weighted by molar-refractivity contribution is 7.99. The second-order valence-corrected chi connectivity index (χ2v) is 7.30. The number of carbonyl (C=O) groups is 1. The molecule has 4 rings (SSSR count). The summed E-state index contributed by atoms with van der Waals surface area (Å²) >= 11 is 1.40. The number of rotatable bonds is 5. The molecule has 0 spiro atoms. The first-order valence-electron chi connectivity index (χ1n) is 8.87. The van der Waals surface area contributed by atoms with Crippen molar-refractivity contribution in [2.75, 3.05) is 11.2 Å². The van der Waals surface area contributed by atoms with Gasteiger partial charge < -0.3 is 5.73 Å². The van der Waals surface area contributed by atoms with E-state index in [4.69, 9.17) is 5.73 Å². The van der Waals surface area contributed by atoms with Crippen LogP contribution in [0, 0.1) is 6.92 Å². The number of nitrogens with one attached hydrogen (secondary N) is 2. The Labute approximate surface area is 171 Å². The molecular weight excluding hydrogens is 384 g/mol. The lowest BCUT2D eigenvalue weighted by Gasteiger charge is -2.13. The van der Waals surface area contributed by atoms with E-state index in [1.54, 1.807) is 12.3 Å². The van der Waals surface area contributed by atoms with Gasteiger partial charge in [-0.3, -0.25) is 20.6 Å². The van der Waals surface area contributed by atoms with E-state index in [-0.39, 0.29) is 5.91 Å². The molecule has 0 saturated heterocycles. The smallest absolute Gasteiger partial charge is 0.269 e. The summed E-state index contributed by atoms with van der Waals surface area (Å²) in [6.45, 7) is 1.88. The third-order valence-electron chi connectivity index (χ3n) is 4.33. The molecule has 2 aromatic heterocycles. The maximum Gasteiger partial charge on any atom is 0.269 e. The molecule has 4 N–H and O–H groups in total. The van der Waals surface area contributed by atoms with Crippen LogP contribution < -0.4 is 16.6 Å². The van der Waals surface area contributed by atoms with Gasteiger partial charge in [0.15, 0.2) is 5.82 Å². The molecule has 2 aromatic carbocycles. The first-order chi connectivity index (χ1) is 14.1. The Bertz CT molecular complexity index is 1190. The SMILES string of the molecule is Cc1ccccc1C(=O)NNc1ncnc(Sc2cccc3cccnc23)c1N. The zero-order valence-corrected chi connectivity index (χ0v) is 16.4. The van der Waals surface area contributed by atoms with Gasteiger partial charge in [-0.15, -0.1) is 0 Å². The Kier molecular flexibility index (Phi) is 5.26. The Morgan fingerprint density at radius 2 is 1.83 bits per heavy atom. The van der Waals surface area contributed by atoms with E-state index in [0.717, 1.165) is 21.4 Å². The molecule has 2 heterocycles. The largest absolute Gasteiger partial charge is 0.393 e. The third kappa shape index (κ3) is 3.97. The highest BCUT2D eigenvalue weighted by atomic mass is 32.2. The first-order valence-corrected chi connectivity index (χ1v) is 9.69. The van der Waals surface area contributed by atoms with Crippen molar-refractivity contribution in [1.29, 1.82) is 0 Å². The van der Waals surface area contributed by atoms with Gasteiger partial charge in [0.1, 0.15) is 17.0 Å². The lowest BCUT2D eigenvalue weighted by molar-refractivity contribution is 0.0962. The van der Waals surface area contributed by atoms with Gasteiger partial charge in [-0.1, -0.05) is 48.2 Å². The minimum Gasteiger partial charge on any atom is -0.393 e. The second-order valence-electron chi connectivity index (χ2n) is 6.27. The molecule has 1 amide bonds. The van der Waals surface area contributed by atoms with Gasteiger partial charge in [0, 0.05) is 22.0 Å². The molecule has 0 aliphatic carbocycles. The predicted octanol–water partition coefficient (Wildman–Crippen LogP) is 3.82. The molecule has 0 saturated carbocycles. The average Bonchev–Trinajstić information content (AvgIpc) is 2.75. The molecule has 0 unspecified atom stereocenters. The number of pyridine rings is 1. The normalized spacial score (nSPS) is 10.7. The lowest BCUT2D eigenvalue weighted by Crippen LogP contribution is -2.30.